The lowest BCUT2D eigenvalue weighted by Gasteiger charge is -2.14. The molecule has 10 heavy (non-hydrogen) atoms. The van der Waals surface area contributed by atoms with E-state index < -0.39 is 12.1 Å². The van der Waals surface area contributed by atoms with Gasteiger partial charge in [-0.3, -0.25) is 0 Å². The molecular formula is C7H14N2O. The SMILES string of the molecule is CC(C)C[C@@H](N)C(O)C#N. The molecule has 58 valence electrons. The Bertz CT molecular complexity index is 128. The van der Waals surface area contributed by atoms with Gasteiger partial charge in [-0.1, -0.05) is 13.8 Å². The third kappa shape index (κ3) is 3.44. The van der Waals surface area contributed by atoms with E-state index in [1.165, 1.54) is 0 Å². The highest BCUT2D eigenvalue weighted by atomic mass is 16.3. The molecule has 0 aromatic carbocycles. The maximum Gasteiger partial charge on any atom is 0.155 e. The number of rotatable bonds is 3. The van der Waals surface area contributed by atoms with Crippen LogP contribution in [0.25, 0.3) is 0 Å². The Kier molecular flexibility index (Phi) is 4.01. The minimum atomic E-state index is -1.01. The summed E-state index contributed by atoms with van der Waals surface area (Å²) in [5, 5.41) is 17.1. The topological polar surface area (TPSA) is 70.0 Å². The molecule has 0 saturated carbocycles. The molecule has 0 radical (unpaired) electrons. The Balaban J connectivity index is 3.64. The van der Waals surface area contributed by atoms with Gasteiger partial charge in [0.05, 0.1) is 6.07 Å². The summed E-state index contributed by atoms with van der Waals surface area (Å²) in [7, 11) is 0. The zero-order chi connectivity index (χ0) is 8.15. The summed E-state index contributed by atoms with van der Waals surface area (Å²) in [4.78, 5) is 0. The van der Waals surface area contributed by atoms with Gasteiger partial charge in [-0.25, -0.2) is 0 Å². The van der Waals surface area contributed by atoms with E-state index in [0.29, 0.717) is 12.3 Å². The maximum absolute atomic E-state index is 8.89. The summed E-state index contributed by atoms with van der Waals surface area (Å²) in [5.41, 5.74) is 5.46. The highest BCUT2D eigenvalue weighted by molar-refractivity contribution is 4.90. The largest absolute Gasteiger partial charge is 0.376 e. The first-order valence-corrected chi connectivity index (χ1v) is 3.41. The first-order chi connectivity index (χ1) is 4.57. The standard InChI is InChI=1S/C7H14N2O/c1-5(2)3-6(9)7(10)4-8/h5-7,10H,3,9H2,1-2H3/t6-,7?/m1/s1. The van der Waals surface area contributed by atoms with E-state index in [-0.39, 0.29) is 0 Å². The van der Waals surface area contributed by atoms with Gasteiger partial charge in [0.1, 0.15) is 0 Å². The third-order valence-corrected chi connectivity index (χ3v) is 1.28. The Morgan fingerprint density at radius 2 is 2.10 bits per heavy atom. The van der Waals surface area contributed by atoms with Crippen molar-refractivity contribution in [1.29, 1.82) is 5.26 Å². The van der Waals surface area contributed by atoms with Crippen molar-refractivity contribution in [2.75, 3.05) is 0 Å². The molecule has 1 unspecified atom stereocenters. The molecule has 3 nitrogen and oxygen atoms in total. The predicted octanol–water partition coefficient (Wildman–Crippen LogP) is 0.244. The van der Waals surface area contributed by atoms with Gasteiger partial charge in [-0.15, -0.1) is 0 Å². The Morgan fingerprint density at radius 3 is 2.40 bits per heavy atom. The van der Waals surface area contributed by atoms with E-state index in [2.05, 4.69) is 0 Å². The number of nitrogens with two attached hydrogens (primary N) is 1. The quantitative estimate of drug-likeness (QED) is 0.555. The van der Waals surface area contributed by atoms with Crippen LogP contribution in [0.4, 0.5) is 0 Å². The zero-order valence-corrected chi connectivity index (χ0v) is 6.41. The molecule has 3 N–H and O–H groups in total. The summed E-state index contributed by atoms with van der Waals surface area (Å²) >= 11 is 0. The monoisotopic (exact) mass is 142 g/mol. The highest BCUT2D eigenvalue weighted by Gasteiger charge is 2.14. The first kappa shape index (κ1) is 9.41. The number of nitriles is 1. The van der Waals surface area contributed by atoms with Gasteiger partial charge in [0.25, 0.3) is 0 Å². The second kappa shape index (κ2) is 4.26. The summed E-state index contributed by atoms with van der Waals surface area (Å²) in [5.74, 6) is 0.429. The Labute approximate surface area is 61.5 Å². The normalized spacial score (nSPS) is 16.4. The van der Waals surface area contributed by atoms with E-state index in [9.17, 15) is 0 Å². The second-order valence-corrected chi connectivity index (χ2v) is 2.87. The molecule has 0 bridgehead atoms. The lowest BCUT2D eigenvalue weighted by molar-refractivity contribution is 0.185. The van der Waals surface area contributed by atoms with Crippen LogP contribution in [-0.2, 0) is 0 Å². The van der Waals surface area contributed by atoms with Crippen LogP contribution in [0.15, 0.2) is 0 Å². The van der Waals surface area contributed by atoms with Crippen molar-refractivity contribution in [3.05, 3.63) is 0 Å². The average molecular weight is 142 g/mol. The van der Waals surface area contributed by atoms with Crippen LogP contribution >= 0.6 is 0 Å². The third-order valence-electron chi connectivity index (χ3n) is 1.28. The number of aliphatic hydroxyl groups excluding tert-OH is 1. The molecule has 3 heteroatoms. The van der Waals surface area contributed by atoms with Crippen LogP contribution < -0.4 is 5.73 Å². The van der Waals surface area contributed by atoms with Gasteiger partial charge in [-0.05, 0) is 12.3 Å². The van der Waals surface area contributed by atoms with Gasteiger partial charge < -0.3 is 10.8 Å². The van der Waals surface area contributed by atoms with Crippen molar-refractivity contribution >= 4 is 0 Å². The number of nitrogens with zero attached hydrogens (tertiary/aromatic N) is 1. The summed E-state index contributed by atoms with van der Waals surface area (Å²) < 4.78 is 0. The van der Waals surface area contributed by atoms with Gasteiger partial charge in [-0.2, -0.15) is 5.26 Å². The molecule has 0 aromatic rings. The van der Waals surface area contributed by atoms with Crippen molar-refractivity contribution in [2.45, 2.75) is 32.4 Å². The van der Waals surface area contributed by atoms with Crippen LogP contribution in [-0.4, -0.2) is 17.3 Å². The highest BCUT2D eigenvalue weighted by Crippen LogP contribution is 2.04. The molecule has 0 saturated heterocycles. The molecule has 0 aliphatic carbocycles. The smallest absolute Gasteiger partial charge is 0.155 e. The van der Waals surface area contributed by atoms with Crippen molar-refractivity contribution in [1.82, 2.24) is 0 Å². The van der Waals surface area contributed by atoms with Crippen LogP contribution in [0.2, 0.25) is 0 Å². The summed E-state index contributed by atoms with van der Waals surface area (Å²) in [6.07, 6.45) is -0.322. The zero-order valence-electron chi connectivity index (χ0n) is 6.41. The van der Waals surface area contributed by atoms with Crippen LogP contribution in [0.1, 0.15) is 20.3 Å². The fraction of sp³-hybridized carbons (Fsp3) is 0.857. The molecule has 0 amide bonds. The van der Waals surface area contributed by atoms with Crippen molar-refractivity contribution < 1.29 is 5.11 Å². The van der Waals surface area contributed by atoms with Gasteiger partial charge >= 0.3 is 0 Å². The number of aliphatic hydroxyl groups is 1. The minimum absolute atomic E-state index is 0.398. The lowest BCUT2D eigenvalue weighted by Crippen LogP contribution is -2.34. The van der Waals surface area contributed by atoms with Crippen LogP contribution in [0.3, 0.4) is 0 Å². The summed E-state index contributed by atoms with van der Waals surface area (Å²) in [6.45, 7) is 4.01. The van der Waals surface area contributed by atoms with Crippen molar-refractivity contribution in [3.63, 3.8) is 0 Å². The molecule has 0 aliphatic rings. The molecule has 0 heterocycles. The molecule has 2 atom stereocenters. The molecule has 0 spiro atoms. The Morgan fingerprint density at radius 1 is 1.60 bits per heavy atom. The van der Waals surface area contributed by atoms with Gasteiger partial charge in [0, 0.05) is 6.04 Å². The van der Waals surface area contributed by atoms with E-state index >= 15 is 0 Å². The van der Waals surface area contributed by atoms with Crippen molar-refractivity contribution in [3.8, 4) is 6.07 Å². The first-order valence-electron chi connectivity index (χ1n) is 3.41. The van der Waals surface area contributed by atoms with E-state index in [1.54, 1.807) is 6.07 Å². The van der Waals surface area contributed by atoms with Gasteiger partial charge in [0.15, 0.2) is 6.10 Å². The number of hydrogen-bond acceptors (Lipinski definition) is 3. The van der Waals surface area contributed by atoms with Crippen LogP contribution in [0.5, 0.6) is 0 Å². The maximum atomic E-state index is 8.89. The molecule has 0 aliphatic heterocycles. The summed E-state index contributed by atoms with van der Waals surface area (Å²) in [6, 6.07) is 1.30. The molecule has 0 aromatic heterocycles. The van der Waals surface area contributed by atoms with E-state index in [1.807, 2.05) is 13.8 Å². The second-order valence-electron chi connectivity index (χ2n) is 2.87. The average Bonchev–Trinajstić information content (AvgIpc) is 1.85. The number of hydrogen-bond donors (Lipinski definition) is 2. The van der Waals surface area contributed by atoms with E-state index in [0.717, 1.165) is 0 Å². The fourth-order valence-electron chi connectivity index (χ4n) is 0.769. The Hall–Kier alpha value is -0.590. The van der Waals surface area contributed by atoms with E-state index in [4.69, 9.17) is 16.1 Å². The van der Waals surface area contributed by atoms with Crippen LogP contribution in [0, 0.1) is 17.2 Å². The molecule has 0 rings (SSSR count). The molecule has 0 fully saturated rings. The van der Waals surface area contributed by atoms with Crippen molar-refractivity contribution in [2.24, 2.45) is 11.7 Å². The molecular weight excluding hydrogens is 128 g/mol. The predicted molar refractivity (Wildman–Crippen MR) is 39.1 cm³/mol. The minimum Gasteiger partial charge on any atom is -0.376 e. The fourth-order valence-corrected chi connectivity index (χ4v) is 0.769. The van der Waals surface area contributed by atoms with Gasteiger partial charge in [0.2, 0.25) is 0 Å². The lowest BCUT2D eigenvalue weighted by atomic mass is 10.0.